The van der Waals surface area contributed by atoms with Crippen LogP contribution >= 0.6 is 0 Å². The maximum atomic E-state index is 10.6. The molecule has 0 saturated carbocycles. The van der Waals surface area contributed by atoms with Gasteiger partial charge in [-0.05, 0) is 0 Å². The molecule has 0 spiro atoms. The molecule has 0 radical (unpaired) electrons. The van der Waals surface area contributed by atoms with E-state index < -0.39 is 24.8 Å². The van der Waals surface area contributed by atoms with Gasteiger partial charge in [-0.2, -0.15) is 0 Å². The van der Waals surface area contributed by atoms with Crippen molar-refractivity contribution in [2.75, 3.05) is 19.8 Å². The van der Waals surface area contributed by atoms with Crippen LogP contribution in [-0.4, -0.2) is 58.4 Å². The molecule has 0 saturated heterocycles. The number of esters is 1. The van der Waals surface area contributed by atoms with E-state index in [2.05, 4.69) is 4.74 Å². The Morgan fingerprint density at radius 3 is 2.33 bits per heavy atom. The highest BCUT2D eigenvalue weighted by Gasteiger charge is 2.24. The number of rotatable bonds is 5. The van der Waals surface area contributed by atoms with Crippen LogP contribution in [0.3, 0.4) is 0 Å². The topological polar surface area (TPSA) is 107 Å². The first-order chi connectivity index (χ1) is 5.63. The van der Waals surface area contributed by atoms with Gasteiger partial charge in [-0.25, -0.2) is 4.79 Å². The van der Waals surface area contributed by atoms with Crippen LogP contribution in [0, 0.1) is 0 Å². The monoisotopic (exact) mass is 180 g/mol. The van der Waals surface area contributed by atoms with E-state index in [0.29, 0.717) is 0 Å². The van der Waals surface area contributed by atoms with Crippen LogP contribution in [0.4, 0.5) is 0 Å². The van der Waals surface area contributed by atoms with E-state index >= 15 is 0 Å². The lowest BCUT2D eigenvalue weighted by Crippen LogP contribution is -2.37. The molecule has 0 rings (SSSR count). The number of ether oxygens (including phenoxy) is 1. The Kier molecular flexibility index (Phi) is 5.56. The van der Waals surface area contributed by atoms with E-state index in [1.54, 1.807) is 0 Å². The molecule has 4 N–H and O–H groups in total. The van der Waals surface area contributed by atoms with Crippen molar-refractivity contribution in [3.63, 3.8) is 0 Å². The minimum atomic E-state index is -1.76. The van der Waals surface area contributed by atoms with E-state index in [4.69, 9.17) is 20.4 Å². The van der Waals surface area contributed by atoms with Crippen LogP contribution in [0.2, 0.25) is 0 Å². The van der Waals surface area contributed by atoms with Crippen LogP contribution in [0.25, 0.3) is 0 Å². The number of carbonyl (C=O) groups excluding carboxylic acids is 1. The van der Waals surface area contributed by atoms with E-state index in [-0.39, 0.29) is 13.2 Å². The summed E-state index contributed by atoms with van der Waals surface area (Å²) in [4.78, 5) is 10.6. The van der Waals surface area contributed by atoms with Gasteiger partial charge in [-0.15, -0.1) is 0 Å². The Labute approximate surface area is 69.0 Å². The number of hydrogen-bond donors (Lipinski definition) is 4. The zero-order chi connectivity index (χ0) is 9.56. The normalized spacial score (nSPS) is 15.3. The molecule has 0 heterocycles. The quantitative estimate of drug-likeness (QED) is 0.341. The first kappa shape index (κ1) is 11.3. The Morgan fingerprint density at radius 2 is 1.92 bits per heavy atom. The molecule has 0 aromatic heterocycles. The van der Waals surface area contributed by atoms with Crippen LogP contribution in [-0.2, 0) is 9.53 Å². The number of carbonyl (C=O) groups is 1. The van der Waals surface area contributed by atoms with Gasteiger partial charge in [0.05, 0.1) is 13.2 Å². The molecule has 0 aliphatic heterocycles. The molecule has 72 valence electrons. The first-order valence-electron chi connectivity index (χ1n) is 3.38. The summed E-state index contributed by atoms with van der Waals surface area (Å²) in [5.41, 5.74) is 0. The van der Waals surface area contributed by atoms with Crippen molar-refractivity contribution in [2.45, 2.75) is 12.2 Å². The van der Waals surface area contributed by atoms with Crippen LogP contribution in [0.1, 0.15) is 0 Å². The van der Waals surface area contributed by atoms with E-state index in [0.717, 1.165) is 0 Å². The third-order valence-corrected chi connectivity index (χ3v) is 1.13. The fourth-order valence-corrected chi connectivity index (χ4v) is 0.489. The lowest BCUT2D eigenvalue weighted by molar-refractivity contribution is -0.162. The Hall–Kier alpha value is -0.690. The van der Waals surface area contributed by atoms with Gasteiger partial charge in [0.2, 0.25) is 0 Å². The maximum Gasteiger partial charge on any atom is 0.337 e. The van der Waals surface area contributed by atoms with Crippen molar-refractivity contribution in [2.24, 2.45) is 0 Å². The second-order valence-corrected chi connectivity index (χ2v) is 2.09. The van der Waals surface area contributed by atoms with Gasteiger partial charge in [0, 0.05) is 0 Å². The van der Waals surface area contributed by atoms with Crippen LogP contribution < -0.4 is 0 Å². The summed E-state index contributed by atoms with van der Waals surface area (Å²) in [7, 11) is 0. The van der Waals surface area contributed by atoms with Crippen molar-refractivity contribution in [3.05, 3.63) is 0 Å². The van der Waals surface area contributed by atoms with Gasteiger partial charge < -0.3 is 25.2 Å². The van der Waals surface area contributed by atoms with Crippen molar-refractivity contribution in [1.29, 1.82) is 0 Å². The fraction of sp³-hybridized carbons (Fsp3) is 0.833. The predicted octanol–water partition coefficient (Wildman–Crippen LogP) is -2.76. The molecular weight excluding hydrogens is 168 g/mol. The average molecular weight is 180 g/mol. The molecule has 6 heteroatoms. The van der Waals surface area contributed by atoms with Crippen molar-refractivity contribution in [1.82, 2.24) is 0 Å². The predicted molar refractivity (Wildman–Crippen MR) is 37.1 cm³/mol. The van der Waals surface area contributed by atoms with Crippen LogP contribution in [0.15, 0.2) is 0 Å². The summed E-state index contributed by atoms with van der Waals surface area (Å²) >= 11 is 0. The summed E-state index contributed by atoms with van der Waals surface area (Å²) < 4.78 is 4.27. The molecule has 0 aromatic rings. The smallest absolute Gasteiger partial charge is 0.337 e. The van der Waals surface area contributed by atoms with Gasteiger partial charge in [0.1, 0.15) is 12.7 Å². The molecule has 0 aliphatic carbocycles. The second kappa shape index (κ2) is 5.90. The standard InChI is InChI=1S/C6H12O6/c7-1-2-12-6(11)5(10)4(9)3-8/h4-5,7-10H,1-3H2. The molecule has 0 fully saturated rings. The molecule has 0 bridgehead atoms. The molecule has 6 nitrogen and oxygen atoms in total. The fourth-order valence-electron chi connectivity index (χ4n) is 0.489. The number of hydrogen-bond acceptors (Lipinski definition) is 6. The third-order valence-electron chi connectivity index (χ3n) is 1.13. The molecule has 12 heavy (non-hydrogen) atoms. The highest BCUT2D eigenvalue weighted by molar-refractivity contribution is 5.75. The second-order valence-electron chi connectivity index (χ2n) is 2.09. The summed E-state index contributed by atoms with van der Waals surface area (Å²) in [5, 5.41) is 34.1. The zero-order valence-corrected chi connectivity index (χ0v) is 6.38. The molecule has 0 amide bonds. The third kappa shape index (κ3) is 3.63. The Bertz CT molecular complexity index is 136. The maximum absolute atomic E-state index is 10.6. The van der Waals surface area contributed by atoms with Crippen molar-refractivity contribution >= 4 is 5.97 Å². The Morgan fingerprint density at radius 1 is 1.33 bits per heavy atom. The summed E-state index contributed by atoms with van der Waals surface area (Å²) in [6, 6.07) is 0. The molecular formula is C6H12O6. The van der Waals surface area contributed by atoms with E-state index in [1.807, 2.05) is 0 Å². The summed E-state index contributed by atoms with van der Waals surface area (Å²) in [6.45, 7) is -1.32. The Balaban J connectivity index is 3.75. The highest BCUT2D eigenvalue weighted by Crippen LogP contribution is 1.95. The minimum Gasteiger partial charge on any atom is -0.461 e. The van der Waals surface area contributed by atoms with Crippen LogP contribution in [0.5, 0.6) is 0 Å². The lowest BCUT2D eigenvalue weighted by atomic mass is 10.2. The SMILES string of the molecule is O=C(OCCO)C(O)C(O)CO. The average Bonchev–Trinajstić information content (AvgIpc) is 2.11. The minimum absolute atomic E-state index is 0.242. The van der Waals surface area contributed by atoms with Gasteiger partial charge in [0.15, 0.2) is 6.10 Å². The van der Waals surface area contributed by atoms with Crippen molar-refractivity contribution in [3.8, 4) is 0 Å². The van der Waals surface area contributed by atoms with Gasteiger partial charge in [0.25, 0.3) is 0 Å². The molecule has 2 unspecified atom stereocenters. The lowest BCUT2D eigenvalue weighted by Gasteiger charge is -2.13. The van der Waals surface area contributed by atoms with E-state index in [9.17, 15) is 4.79 Å². The summed E-state index contributed by atoms with van der Waals surface area (Å²) in [6.07, 6.45) is -3.31. The number of aliphatic hydroxyl groups is 4. The molecule has 2 atom stereocenters. The zero-order valence-electron chi connectivity index (χ0n) is 6.38. The largest absolute Gasteiger partial charge is 0.461 e. The van der Waals surface area contributed by atoms with Gasteiger partial charge in [-0.1, -0.05) is 0 Å². The van der Waals surface area contributed by atoms with Gasteiger partial charge in [-0.3, -0.25) is 0 Å². The van der Waals surface area contributed by atoms with E-state index in [1.165, 1.54) is 0 Å². The first-order valence-corrected chi connectivity index (χ1v) is 3.38. The highest BCUT2D eigenvalue weighted by atomic mass is 16.6. The molecule has 0 aromatic carbocycles. The van der Waals surface area contributed by atoms with Gasteiger partial charge >= 0.3 is 5.97 Å². The molecule has 0 aliphatic rings. The summed E-state index contributed by atoms with van der Waals surface area (Å²) in [5.74, 6) is -1.06. The number of aliphatic hydroxyl groups excluding tert-OH is 4. The van der Waals surface area contributed by atoms with Crippen molar-refractivity contribution < 1.29 is 30.0 Å².